The molecule has 2 rings (SSSR count). The van der Waals surface area contributed by atoms with Crippen LogP contribution in [0.5, 0.6) is 5.75 Å². The van der Waals surface area contributed by atoms with E-state index in [1.165, 1.54) is 0 Å². The van der Waals surface area contributed by atoms with Gasteiger partial charge in [-0.15, -0.1) is 0 Å². The Morgan fingerprint density at radius 3 is 2.44 bits per heavy atom. The topological polar surface area (TPSA) is 50.8 Å². The van der Waals surface area contributed by atoms with Crippen molar-refractivity contribution in [2.75, 3.05) is 38.7 Å². The average molecular weight is 342 g/mol. The summed E-state index contributed by atoms with van der Waals surface area (Å²) in [6.45, 7) is 4.63. The third-order valence-corrected chi connectivity index (χ3v) is 3.69. The quantitative estimate of drug-likeness (QED) is 0.674. The minimum atomic E-state index is 0.0425. The van der Waals surface area contributed by atoms with Crippen LogP contribution in [0.1, 0.15) is 12.5 Å². The number of likely N-dealkylation sites (N-methyl/N-ethyl adjacent to an activating group) is 1. The molecule has 0 aliphatic carbocycles. The number of anilines is 1. The molecule has 5 nitrogen and oxygen atoms in total. The van der Waals surface area contributed by atoms with E-state index in [1.807, 2.05) is 68.6 Å². The predicted molar refractivity (Wildman–Crippen MR) is 99.8 cm³/mol. The lowest BCUT2D eigenvalue weighted by Gasteiger charge is -2.18. The van der Waals surface area contributed by atoms with Gasteiger partial charge in [0.05, 0.1) is 13.2 Å². The van der Waals surface area contributed by atoms with Gasteiger partial charge >= 0.3 is 0 Å². The molecule has 0 fully saturated rings. The zero-order valence-electron chi connectivity index (χ0n) is 14.9. The van der Waals surface area contributed by atoms with E-state index < -0.39 is 0 Å². The van der Waals surface area contributed by atoms with Gasteiger partial charge in [-0.05, 0) is 36.8 Å². The summed E-state index contributed by atoms with van der Waals surface area (Å²) in [5.41, 5.74) is 2.01. The highest BCUT2D eigenvalue weighted by Crippen LogP contribution is 2.15. The molecule has 1 N–H and O–H groups in total. The molecule has 0 aromatic heterocycles. The molecule has 0 heterocycles. The number of hydrogen-bond donors (Lipinski definition) is 1. The third kappa shape index (κ3) is 6.85. The van der Waals surface area contributed by atoms with Crippen molar-refractivity contribution in [3.05, 3.63) is 60.2 Å². The van der Waals surface area contributed by atoms with Crippen LogP contribution in [0.15, 0.2) is 54.6 Å². The van der Waals surface area contributed by atoms with Gasteiger partial charge in [0, 0.05) is 25.9 Å². The summed E-state index contributed by atoms with van der Waals surface area (Å²) in [5.74, 6) is 0.832. The van der Waals surface area contributed by atoms with E-state index in [1.54, 1.807) is 4.90 Å². The summed E-state index contributed by atoms with van der Waals surface area (Å²) in [5, 5.41) is 3.14. The first kappa shape index (κ1) is 18.8. The Hall–Kier alpha value is -2.53. The maximum Gasteiger partial charge on any atom is 0.241 e. The van der Waals surface area contributed by atoms with E-state index in [0.29, 0.717) is 26.4 Å². The minimum absolute atomic E-state index is 0.0425. The Labute approximate surface area is 149 Å². The van der Waals surface area contributed by atoms with Crippen LogP contribution < -0.4 is 10.1 Å². The van der Waals surface area contributed by atoms with E-state index in [2.05, 4.69) is 5.32 Å². The largest absolute Gasteiger partial charge is 0.491 e. The molecule has 0 radical (unpaired) electrons. The van der Waals surface area contributed by atoms with Crippen molar-refractivity contribution in [1.29, 1.82) is 0 Å². The summed E-state index contributed by atoms with van der Waals surface area (Å²) in [6.07, 6.45) is 0. The lowest BCUT2D eigenvalue weighted by Crippen LogP contribution is -2.31. The van der Waals surface area contributed by atoms with Crippen molar-refractivity contribution in [1.82, 2.24) is 4.90 Å². The molecule has 0 atom stereocenters. The van der Waals surface area contributed by atoms with Crippen LogP contribution in [0, 0.1) is 0 Å². The average Bonchev–Trinajstić information content (AvgIpc) is 2.65. The Morgan fingerprint density at radius 1 is 1.04 bits per heavy atom. The number of ether oxygens (including phenoxy) is 2. The van der Waals surface area contributed by atoms with Crippen molar-refractivity contribution in [3.63, 3.8) is 0 Å². The van der Waals surface area contributed by atoms with Crippen LogP contribution >= 0.6 is 0 Å². The highest BCUT2D eigenvalue weighted by molar-refractivity contribution is 5.80. The van der Waals surface area contributed by atoms with E-state index in [-0.39, 0.29) is 12.5 Å². The second-order valence-corrected chi connectivity index (χ2v) is 5.66. The Bertz CT molecular complexity index is 629. The number of rotatable bonds is 10. The molecule has 2 aromatic rings. The molecular formula is C20H26N2O3. The number of amides is 1. The Kier molecular flexibility index (Phi) is 7.79. The fourth-order valence-corrected chi connectivity index (χ4v) is 2.29. The number of carbonyl (C=O) groups is 1. The first-order valence-electron chi connectivity index (χ1n) is 8.51. The van der Waals surface area contributed by atoms with Gasteiger partial charge in [0.15, 0.2) is 0 Å². The van der Waals surface area contributed by atoms with Crippen LogP contribution in [0.2, 0.25) is 0 Å². The van der Waals surface area contributed by atoms with Crippen LogP contribution in [0.4, 0.5) is 5.69 Å². The molecule has 134 valence electrons. The SMILES string of the molecule is CCOCCOc1ccc(NCC(=O)N(C)Cc2ccccc2)cc1. The Balaban J connectivity index is 1.73. The molecular weight excluding hydrogens is 316 g/mol. The number of carbonyl (C=O) groups excluding carboxylic acids is 1. The van der Waals surface area contributed by atoms with Crippen LogP contribution in [0.25, 0.3) is 0 Å². The number of hydrogen-bond acceptors (Lipinski definition) is 4. The third-order valence-electron chi connectivity index (χ3n) is 3.69. The zero-order valence-corrected chi connectivity index (χ0v) is 14.9. The van der Waals surface area contributed by atoms with E-state index in [9.17, 15) is 4.79 Å². The summed E-state index contributed by atoms with van der Waals surface area (Å²) in [7, 11) is 1.81. The fourth-order valence-electron chi connectivity index (χ4n) is 2.29. The number of nitrogens with zero attached hydrogens (tertiary/aromatic N) is 1. The second-order valence-electron chi connectivity index (χ2n) is 5.66. The van der Waals surface area contributed by atoms with Crippen LogP contribution in [-0.2, 0) is 16.1 Å². The number of benzene rings is 2. The summed E-state index contributed by atoms with van der Waals surface area (Å²) < 4.78 is 10.8. The molecule has 0 aliphatic rings. The summed E-state index contributed by atoms with van der Waals surface area (Å²) in [6, 6.07) is 17.5. The molecule has 0 saturated heterocycles. The van der Waals surface area contributed by atoms with Gasteiger partial charge in [0.1, 0.15) is 12.4 Å². The maximum absolute atomic E-state index is 12.2. The van der Waals surface area contributed by atoms with E-state index in [0.717, 1.165) is 17.0 Å². The van der Waals surface area contributed by atoms with Crippen LogP contribution in [0.3, 0.4) is 0 Å². The highest BCUT2D eigenvalue weighted by Gasteiger charge is 2.08. The van der Waals surface area contributed by atoms with Crippen molar-refractivity contribution >= 4 is 11.6 Å². The molecule has 0 bridgehead atoms. The molecule has 0 unspecified atom stereocenters. The van der Waals surface area contributed by atoms with Gasteiger partial charge in [-0.25, -0.2) is 0 Å². The summed E-state index contributed by atoms with van der Waals surface area (Å²) >= 11 is 0. The fraction of sp³-hybridized carbons (Fsp3) is 0.350. The maximum atomic E-state index is 12.2. The molecule has 1 amide bonds. The van der Waals surface area contributed by atoms with Crippen molar-refractivity contribution in [3.8, 4) is 5.75 Å². The molecule has 0 aliphatic heterocycles. The van der Waals surface area contributed by atoms with Gasteiger partial charge in [-0.2, -0.15) is 0 Å². The second kappa shape index (κ2) is 10.4. The molecule has 2 aromatic carbocycles. The lowest BCUT2D eigenvalue weighted by atomic mass is 10.2. The van der Waals surface area contributed by atoms with Gasteiger partial charge in [0.25, 0.3) is 0 Å². The summed E-state index contributed by atoms with van der Waals surface area (Å²) in [4.78, 5) is 13.9. The van der Waals surface area contributed by atoms with E-state index >= 15 is 0 Å². The number of nitrogens with one attached hydrogen (secondary N) is 1. The van der Waals surface area contributed by atoms with Gasteiger partial charge in [-0.3, -0.25) is 4.79 Å². The smallest absolute Gasteiger partial charge is 0.241 e. The van der Waals surface area contributed by atoms with E-state index in [4.69, 9.17) is 9.47 Å². The van der Waals surface area contributed by atoms with Crippen molar-refractivity contribution in [2.24, 2.45) is 0 Å². The molecule has 0 spiro atoms. The van der Waals surface area contributed by atoms with Gasteiger partial charge < -0.3 is 19.7 Å². The molecule has 25 heavy (non-hydrogen) atoms. The first-order valence-corrected chi connectivity index (χ1v) is 8.51. The molecule has 0 saturated carbocycles. The normalized spacial score (nSPS) is 10.3. The standard InChI is InChI=1S/C20H26N2O3/c1-3-24-13-14-25-19-11-9-18(10-12-19)21-15-20(23)22(2)16-17-7-5-4-6-8-17/h4-12,21H,3,13-16H2,1-2H3. The minimum Gasteiger partial charge on any atom is -0.491 e. The van der Waals surface area contributed by atoms with Crippen molar-refractivity contribution in [2.45, 2.75) is 13.5 Å². The Morgan fingerprint density at radius 2 is 1.76 bits per heavy atom. The first-order chi connectivity index (χ1) is 12.2. The zero-order chi connectivity index (χ0) is 17.9. The predicted octanol–water partition coefficient (Wildman–Crippen LogP) is 3.17. The highest BCUT2D eigenvalue weighted by atomic mass is 16.5. The van der Waals surface area contributed by atoms with Crippen molar-refractivity contribution < 1.29 is 14.3 Å². The molecule has 5 heteroatoms. The monoisotopic (exact) mass is 342 g/mol. The van der Waals surface area contributed by atoms with Crippen LogP contribution in [-0.4, -0.2) is 44.2 Å². The lowest BCUT2D eigenvalue weighted by molar-refractivity contribution is -0.128. The van der Waals surface area contributed by atoms with Gasteiger partial charge in [-0.1, -0.05) is 30.3 Å². The van der Waals surface area contributed by atoms with Gasteiger partial charge in [0.2, 0.25) is 5.91 Å².